The van der Waals surface area contributed by atoms with Crippen molar-refractivity contribution in [1.29, 1.82) is 0 Å². The second-order valence-electron chi connectivity index (χ2n) is 7.59. The van der Waals surface area contributed by atoms with Gasteiger partial charge in [-0.25, -0.2) is 14.1 Å². The molecule has 0 radical (unpaired) electrons. The highest BCUT2D eigenvalue weighted by Gasteiger charge is 2.37. The maximum atomic E-state index is 13.7. The van der Waals surface area contributed by atoms with Crippen molar-refractivity contribution < 1.29 is 18.8 Å². The fourth-order valence-electron chi connectivity index (χ4n) is 3.79. The summed E-state index contributed by atoms with van der Waals surface area (Å²) in [6, 6.07) is 18.0. The number of amides is 4. The van der Waals surface area contributed by atoms with Crippen molar-refractivity contribution in [3.05, 3.63) is 105 Å². The number of carbonyl (C=O) groups excluding carboxylic acids is 3. The lowest BCUT2D eigenvalue weighted by Gasteiger charge is -2.28. The molecule has 0 unspecified atom stereocenters. The largest absolute Gasteiger partial charge is 0.335 e. The number of benzene rings is 3. The molecular formula is C26H20BrFN2O3. The van der Waals surface area contributed by atoms with Crippen LogP contribution in [0.15, 0.2) is 76.8 Å². The molecule has 1 saturated heterocycles. The Morgan fingerprint density at radius 1 is 0.970 bits per heavy atom. The van der Waals surface area contributed by atoms with Gasteiger partial charge < -0.3 is 0 Å². The molecule has 33 heavy (non-hydrogen) atoms. The molecule has 166 valence electrons. The van der Waals surface area contributed by atoms with E-state index in [1.54, 1.807) is 24.3 Å². The molecular weight excluding hydrogens is 487 g/mol. The van der Waals surface area contributed by atoms with Gasteiger partial charge >= 0.3 is 6.03 Å². The number of halogens is 2. The van der Waals surface area contributed by atoms with Crippen LogP contribution in [0.25, 0.3) is 6.08 Å². The van der Waals surface area contributed by atoms with Crippen LogP contribution in [-0.2, 0) is 22.4 Å². The standard InChI is InChI=1S/C26H20BrFN2O3/c1-2-17-7-3-4-9-23(17)30-25(32)22(24(31)29-26(30)33)15-19-14-20(27)11-10-18(19)12-16-6-5-8-21(28)13-16/h3-11,13-15H,2,12H2,1H3,(H,29,31,33)/b22-15-. The van der Waals surface area contributed by atoms with Crippen LogP contribution in [-0.4, -0.2) is 17.8 Å². The van der Waals surface area contributed by atoms with Gasteiger partial charge in [0.2, 0.25) is 0 Å². The SMILES string of the molecule is CCc1ccccc1N1C(=O)NC(=O)/C(=C/c2cc(Br)ccc2Cc2cccc(F)c2)C1=O. The van der Waals surface area contributed by atoms with Gasteiger partial charge in [-0.3, -0.25) is 14.9 Å². The summed E-state index contributed by atoms with van der Waals surface area (Å²) in [4.78, 5) is 39.5. The number of para-hydroxylation sites is 1. The maximum absolute atomic E-state index is 13.7. The van der Waals surface area contributed by atoms with Gasteiger partial charge in [-0.2, -0.15) is 0 Å². The number of urea groups is 1. The molecule has 3 aromatic carbocycles. The van der Waals surface area contributed by atoms with Crippen LogP contribution in [0, 0.1) is 5.82 Å². The lowest BCUT2D eigenvalue weighted by molar-refractivity contribution is -0.122. The summed E-state index contributed by atoms with van der Waals surface area (Å²) in [5.41, 5.74) is 3.27. The Bertz CT molecular complexity index is 1300. The van der Waals surface area contributed by atoms with Crippen LogP contribution in [0.2, 0.25) is 0 Å². The fraction of sp³-hybridized carbons (Fsp3) is 0.115. The second kappa shape index (κ2) is 9.50. The van der Waals surface area contributed by atoms with Gasteiger partial charge in [-0.15, -0.1) is 0 Å². The third-order valence-corrected chi connectivity index (χ3v) is 5.90. The Balaban J connectivity index is 1.76. The highest BCUT2D eigenvalue weighted by atomic mass is 79.9. The molecule has 7 heteroatoms. The molecule has 4 rings (SSSR count). The van der Waals surface area contributed by atoms with Crippen molar-refractivity contribution in [3.63, 3.8) is 0 Å². The number of imide groups is 2. The van der Waals surface area contributed by atoms with Gasteiger partial charge in [0.1, 0.15) is 11.4 Å². The third kappa shape index (κ3) is 4.78. The summed E-state index contributed by atoms with van der Waals surface area (Å²) in [7, 11) is 0. The number of nitrogens with one attached hydrogen (secondary N) is 1. The van der Waals surface area contributed by atoms with Crippen molar-refractivity contribution in [3.8, 4) is 0 Å². The van der Waals surface area contributed by atoms with E-state index in [0.717, 1.165) is 26.1 Å². The van der Waals surface area contributed by atoms with Crippen LogP contribution in [0.5, 0.6) is 0 Å². The van der Waals surface area contributed by atoms with E-state index in [2.05, 4.69) is 21.2 Å². The number of aryl methyl sites for hydroxylation is 1. The van der Waals surface area contributed by atoms with E-state index in [4.69, 9.17) is 0 Å². The minimum absolute atomic E-state index is 0.154. The Labute approximate surface area is 199 Å². The molecule has 5 nitrogen and oxygen atoms in total. The molecule has 0 bridgehead atoms. The zero-order valence-electron chi connectivity index (χ0n) is 17.8. The molecule has 0 aromatic heterocycles. The highest BCUT2D eigenvalue weighted by molar-refractivity contribution is 9.10. The molecule has 0 saturated carbocycles. The summed E-state index contributed by atoms with van der Waals surface area (Å²) >= 11 is 3.43. The number of barbiturate groups is 1. The van der Waals surface area contributed by atoms with E-state index in [0.29, 0.717) is 24.1 Å². The minimum Gasteiger partial charge on any atom is -0.273 e. The van der Waals surface area contributed by atoms with Gasteiger partial charge in [-0.1, -0.05) is 59.3 Å². The summed E-state index contributed by atoms with van der Waals surface area (Å²) in [6.45, 7) is 1.92. The summed E-state index contributed by atoms with van der Waals surface area (Å²) in [5.74, 6) is -1.79. The van der Waals surface area contributed by atoms with Gasteiger partial charge in [0.25, 0.3) is 11.8 Å². The monoisotopic (exact) mass is 506 g/mol. The number of hydrogen-bond donors (Lipinski definition) is 1. The molecule has 0 aliphatic carbocycles. The summed E-state index contributed by atoms with van der Waals surface area (Å²) in [6.07, 6.45) is 2.50. The van der Waals surface area contributed by atoms with E-state index >= 15 is 0 Å². The van der Waals surface area contributed by atoms with Crippen LogP contribution in [0.4, 0.5) is 14.9 Å². The number of hydrogen-bond acceptors (Lipinski definition) is 3. The predicted octanol–water partition coefficient (Wildman–Crippen LogP) is 5.41. The average Bonchev–Trinajstić information content (AvgIpc) is 2.78. The van der Waals surface area contributed by atoms with Crippen LogP contribution in [0.3, 0.4) is 0 Å². The first-order chi connectivity index (χ1) is 15.9. The Morgan fingerprint density at radius 3 is 2.52 bits per heavy atom. The molecule has 1 aliphatic heterocycles. The number of rotatable bonds is 5. The summed E-state index contributed by atoms with van der Waals surface area (Å²) < 4.78 is 14.4. The molecule has 0 atom stereocenters. The van der Waals surface area contributed by atoms with Gasteiger partial charge in [-0.05, 0) is 71.5 Å². The Morgan fingerprint density at radius 2 is 1.76 bits per heavy atom. The van der Waals surface area contributed by atoms with Gasteiger partial charge in [0.05, 0.1) is 5.69 Å². The molecule has 1 fully saturated rings. The van der Waals surface area contributed by atoms with E-state index < -0.39 is 17.8 Å². The number of anilines is 1. The lowest BCUT2D eigenvalue weighted by atomic mass is 9.97. The van der Waals surface area contributed by atoms with E-state index in [1.807, 2.05) is 37.3 Å². The first kappa shape index (κ1) is 22.6. The normalized spacial score (nSPS) is 15.2. The molecule has 1 aliphatic rings. The zero-order chi connectivity index (χ0) is 23.5. The van der Waals surface area contributed by atoms with Gasteiger partial charge in [0.15, 0.2) is 0 Å². The van der Waals surface area contributed by atoms with Crippen molar-refractivity contribution in [2.45, 2.75) is 19.8 Å². The summed E-state index contributed by atoms with van der Waals surface area (Å²) in [5, 5.41) is 2.27. The number of nitrogens with zero attached hydrogens (tertiary/aromatic N) is 1. The fourth-order valence-corrected chi connectivity index (χ4v) is 4.17. The Hall–Kier alpha value is -3.58. The van der Waals surface area contributed by atoms with E-state index in [1.165, 1.54) is 18.2 Å². The topological polar surface area (TPSA) is 66.5 Å². The number of carbonyl (C=O) groups is 3. The smallest absolute Gasteiger partial charge is 0.273 e. The highest BCUT2D eigenvalue weighted by Crippen LogP contribution is 2.28. The Kier molecular flexibility index (Phi) is 6.51. The first-order valence-corrected chi connectivity index (χ1v) is 11.2. The molecule has 0 spiro atoms. The minimum atomic E-state index is -0.780. The van der Waals surface area contributed by atoms with Crippen molar-refractivity contribution in [2.24, 2.45) is 0 Å². The average molecular weight is 507 g/mol. The molecule has 3 aromatic rings. The molecule has 1 heterocycles. The van der Waals surface area contributed by atoms with Crippen molar-refractivity contribution >= 4 is 45.5 Å². The third-order valence-electron chi connectivity index (χ3n) is 5.41. The quantitative estimate of drug-likeness (QED) is 0.371. The maximum Gasteiger partial charge on any atom is 0.335 e. The van der Waals surface area contributed by atoms with Crippen molar-refractivity contribution in [2.75, 3.05) is 4.90 Å². The van der Waals surface area contributed by atoms with Crippen LogP contribution < -0.4 is 10.2 Å². The molecule has 1 N–H and O–H groups in total. The second-order valence-corrected chi connectivity index (χ2v) is 8.51. The van der Waals surface area contributed by atoms with Gasteiger partial charge in [0, 0.05) is 4.47 Å². The van der Waals surface area contributed by atoms with Crippen LogP contribution >= 0.6 is 15.9 Å². The van der Waals surface area contributed by atoms with E-state index in [9.17, 15) is 18.8 Å². The van der Waals surface area contributed by atoms with Crippen LogP contribution in [0.1, 0.15) is 29.2 Å². The molecule has 4 amide bonds. The van der Waals surface area contributed by atoms with E-state index in [-0.39, 0.29) is 11.4 Å². The predicted molar refractivity (Wildman–Crippen MR) is 128 cm³/mol. The lowest BCUT2D eigenvalue weighted by Crippen LogP contribution is -2.54. The van der Waals surface area contributed by atoms with Crippen molar-refractivity contribution in [1.82, 2.24) is 5.32 Å². The zero-order valence-corrected chi connectivity index (χ0v) is 19.4. The first-order valence-electron chi connectivity index (χ1n) is 10.4.